The van der Waals surface area contributed by atoms with E-state index in [1.807, 2.05) is 0 Å². The second-order valence-corrected chi connectivity index (χ2v) is 5.28. The summed E-state index contributed by atoms with van der Waals surface area (Å²) in [7, 11) is 0. The standard InChI is InChI=1S/C13H12F3N3O2S/c14-13(15,16)21-9-3-1-2-8(6-9)19-12(20)10(17)7-11-18-4-5-22-11/h1-6,10H,7,17H2,(H,19,20). The Kier molecular flexibility index (Phi) is 4.99. The molecule has 22 heavy (non-hydrogen) atoms. The Bertz CT molecular complexity index is 632. The van der Waals surface area contributed by atoms with E-state index in [-0.39, 0.29) is 12.1 Å². The van der Waals surface area contributed by atoms with E-state index >= 15 is 0 Å². The van der Waals surface area contributed by atoms with Crippen molar-refractivity contribution in [3.8, 4) is 5.75 Å². The van der Waals surface area contributed by atoms with Gasteiger partial charge in [-0.2, -0.15) is 0 Å². The number of carbonyl (C=O) groups is 1. The number of carbonyl (C=O) groups excluding carboxylic acids is 1. The van der Waals surface area contributed by atoms with Gasteiger partial charge in [-0.15, -0.1) is 24.5 Å². The zero-order valence-electron chi connectivity index (χ0n) is 11.1. The number of nitrogens with one attached hydrogen (secondary N) is 1. The van der Waals surface area contributed by atoms with Gasteiger partial charge in [-0.3, -0.25) is 4.79 Å². The van der Waals surface area contributed by atoms with Crippen LogP contribution in [0.2, 0.25) is 0 Å². The van der Waals surface area contributed by atoms with Crippen LogP contribution in [-0.4, -0.2) is 23.3 Å². The minimum Gasteiger partial charge on any atom is -0.406 e. The molecule has 0 bridgehead atoms. The first-order valence-electron chi connectivity index (χ1n) is 6.14. The van der Waals surface area contributed by atoms with Crippen LogP contribution in [0, 0.1) is 0 Å². The topological polar surface area (TPSA) is 77.2 Å². The van der Waals surface area contributed by atoms with Gasteiger partial charge in [0.2, 0.25) is 5.91 Å². The number of halogens is 3. The summed E-state index contributed by atoms with van der Waals surface area (Å²) >= 11 is 1.37. The lowest BCUT2D eigenvalue weighted by atomic mass is 10.2. The summed E-state index contributed by atoms with van der Waals surface area (Å²) < 4.78 is 40.2. The molecule has 1 aromatic carbocycles. The molecule has 1 amide bonds. The Morgan fingerprint density at radius 3 is 2.86 bits per heavy atom. The van der Waals surface area contributed by atoms with Crippen molar-refractivity contribution in [2.24, 2.45) is 5.73 Å². The van der Waals surface area contributed by atoms with Crippen molar-refractivity contribution in [2.75, 3.05) is 5.32 Å². The summed E-state index contributed by atoms with van der Waals surface area (Å²) in [5.74, 6) is -0.932. The molecule has 2 rings (SSSR count). The molecule has 118 valence electrons. The number of rotatable bonds is 5. The molecular formula is C13H12F3N3O2S. The van der Waals surface area contributed by atoms with E-state index in [9.17, 15) is 18.0 Å². The number of hydrogen-bond acceptors (Lipinski definition) is 5. The minimum absolute atomic E-state index is 0.168. The first-order valence-corrected chi connectivity index (χ1v) is 7.02. The molecule has 9 heteroatoms. The van der Waals surface area contributed by atoms with E-state index in [1.54, 1.807) is 11.6 Å². The first-order chi connectivity index (χ1) is 10.3. The summed E-state index contributed by atoms with van der Waals surface area (Å²) in [5, 5.41) is 4.91. The summed E-state index contributed by atoms with van der Waals surface area (Å²) in [6.45, 7) is 0. The normalized spacial score (nSPS) is 12.7. The molecule has 0 fully saturated rings. The number of nitrogens with two attached hydrogens (primary N) is 1. The zero-order chi connectivity index (χ0) is 16.2. The van der Waals surface area contributed by atoms with Gasteiger partial charge in [0.1, 0.15) is 5.75 Å². The van der Waals surface area contributed by atoms with Crippen molar-refractivity contribution in [3.63, 3.8) is 0 Å². The molecule has 1 unspecified atom stereocenters. The maximum atomic E-state index is 12.1. The number of aromatic nitrogens is 1. The van der Waals surface area contributed by atoms with Gasteiger partial charge < -0.3 is 15.8 Å². The van der Waals surface area contributed by atoms with Crippen LogP contribution < -0.4 is 15.8 Å². The molecule has 0 aliphatic rings. The summed E-state index contributed by atoms with van der Waals surface area (Å²) in [6.07, 6.45) is -2.94. The maximum absolute atomic E-state index is 12.1. The van der Waals surface area contributed by atoms with Crippen LogP contribution in [0.1, 0.15) is 5.01 Å². The molecule has 1 atom stereocenters. The van der Waals surface area contributed by atoms with Crippen LogP contribution in [0.3, 0.4) is 0 Å². The van der Waals surface area contributed by atoms with Crippen LogP contribution in [0.5, 0.6) is 5.75 Å². The summed E-state index contributed by atoms with van der Waals surface area (Å²) in [4.78, 5) is 15.9. The van der Waals surface area contributed by atoms with Crippen molar-refractivity contribution in [2.45, 2.75) is 18.8 Å². The number of hydrogen-bond donors (Lipinski definition) is 2. The molecule has 2 aromatic rings. The van der Waals surface area contributed by atoms with E-state index in [1.165, 1.54) is 23.5 Å². The molecule has 0 spiro atoms. The highest BCUT2D eigenvalue weighted by molar-refractivity contribution is 7.09. The van der Waals surface area contributed by atoms with Crippen molar-refractivity contribution >= 4 is 22.9 Å². The Hall–Kier alpha value is -2.13. The second kappa shape index (κ2) is 6.75. The largest absolute Gasteiger partial charge is 0.573 e. The predicted octanol–water partition coefficient (Wildman–Crippen LogP) is 2.55. The van der Waals surface area contributed by atoms with E-state index in [0.717, 1.165) is 12.1 Å². The van der Waals surface area contributed by atoms with Crippen LogP contribution in [0.25, 0.3) is 0 Å². The van der Waals surface area contributed by atoms with Crippen molar-refractivity contribution < 1.29 is 22.7 Å². The number of ether oxygens (including phenoxy) is 1. The summed E-state index contributed by atoms with van der Waals surface area (Å²) in [5.41, 5.74) is 5.91. The van der Waals surface area contributed by atoms with Crippen LogP contribution in [0.4, 0.5) is 18.9 Å². The first kappa shape index (κ1) is 16.2. The quantitative estimate of drug-likeness (QED) is 0.883. The van der Waals surface area contributed by atoms with Gasteiger partial charge in [0, 0.05) is 29.8 Å². The van der Waals surface area contributed by atoms with Gasteiger partial charge in [-0.25, -0.2) is 4.98 Å². The molecule has 1 aromatic heterocycles. The van der Waals surface area contributed by atoms with Gasteiger partial charge in [-0.1, -0.05) is 6.07 Å². The third-order valence-corrected chi connectivity index (χ3v) is 3.35. The van der Waals surface area contributed by atoms with Crippen molar-refractivity contribution in [1.29, 1.82) is 0 Å². The molecule has 0 aliphatic carbocycles. The van der Waals surface area contributed by atoms with E-state index < -0.39 is 24.1 Å². The third kappa shape index (κ3) is 5.01. The SMILES string of the molecule is NC(Cc1nccs1)C(=O)Nc1cccc(OC(F)(F)F)c1. The van der Waals surface area contributed by atoms with E-state index in [4.69, 9.17) is 5.73 Å². The van der Waals surface area contributed by atoms with Crippen molar-refractivity contribution in [1.82, 2.24) is 4.98 Å². The highest BCUT2D eigenvalue weighted by Crippen LogP contribution is 2.25. The maximum Gasteiger partial charge on any atom is 0.573 e. The highest BCUT2D eigenvalue weighted by atomic mass is 32.1. The molecule has 1 heterocycles. The van der Waals surface area contributed by atoms with Gasteiger partial charge >= 0.3 is 6.36 Å². The molecule has 0 saturated carbocycles. The second-order valence-electron chi connectivity index (χ2n) is 4.30. The number of thiazole rings is 1. The lowest BCUT2D eigenvalue weighted by Crippen LogP contribution is -2.37. The average Bonchev–Trinajstić information content (AvgIpc) is 2.89. The van der Waals surface area contributed by atoms with E-state index in [2.05, 4.69) is 15.0 Å². The number of nitrogens with zero attached hydrogens (tertiary/aromatic N) is 1. The Morgan fingerprint density at radius 1 is 1.45 bits per heavy atom. The van der Waals surface area contributed by atoms with Crippen LogP contribution in [0.15, 0.2) is 35.8 Å². The fraction of sp³-hybridized carbons (Fsp3) is 0.231. The molecule has 3 N–H and O–H groups in total. The Morgan fingerprint density at radius 2 is 2.23 bits per heavy atom. The molecule has 5 nitrogen and oxygen atoms in total. The minimum atomic E-state index is -4.79. The summed E-state index contributed by atoms with van der Waals surface area (Å²) in [6, 6.07) is 4.14. The monoisotopic (exact) mass is 331 g/mol. The fourth-order valence-electron chi connectivity index (χ4n) is 1.64. The molecular weight excluding hydrogens is 319 g/mol. The van der Waals surface area contributed by atoms with E-state index in [0.29, 0.717) is 5.01 Å². The number of amides is 1. The molecule has 0 saturated heterocycles. The average molecular weight is 331 g/mol. The number of anilines is 1. The predicted molar refractivity (Wildman–Crippen MR) is 75.5 cm³/mol. The van der Waals surface area contributed by atoms with Gasteiger partial charge in [0.15, 0.2) is 0 Å². The van der Waals surface area contributed by atoms with Gasteiger partial charge in [0.05, 0.1) is 11.0 Å². The van der Waals surface area contributed by atoms with Crippen molar-refractivity contribution in [3.05, 3.63) is 40.8 Å². The Balaban J connectivity index is 1.97. The molecule has 0 radical (unpaired) electrons. The fourth-order valence-corrected chi connectivity index (χ4v) is 2.32. The lowest BCUT2D eigenvalue weighted by Gasteiger charge is -2.13. The lowest BCUT2D eigenvalue weighted by molar-refractivity contribution is -0.274. The van der Waals surface area contributed by atoms with Crippen LogP contribution >= 0.6 is 11.3 Å². The highest BCUT2D eigenvalue weighted by Gasteiger charge is 2.31. The smallest absolute Gasteiger partial charge is 0.406 e. The van der Waals surface area contributed by atoms with Gasteiger partial charge in [0.25, 0.3) is 0 Å². The van der Waals surface area contributed by atoms with Gasteiger partial charge in [-0.05, 0) is 12.1 Å². The third-order valence-electron chi connectivity index (χ3n) is 2.55. The number of alkyl halides is 3. The molecule has 0 aliphatic heterocycles. The number of benzene rings is 1. The van der Waals surface area contributed by atoms with Crippen LogP contribution in [-0.2, 0) is 11.2 Å². The zero-order valence-corrected chi connectivity index (χ0v) is 11.9. The Labute approximate surface area is 127 Å².